The van der Waals surface area contributed by atoms with Crippen molar-refractivity contribution in [2.75, 3.05) is 38.2 Å². The zero-order valence-electron chi connectivity index (χ0n) is 19.3. The molecule has 2 aromatic carbocycles. The van der Waals surface area contributed by atoms with Crippen LogP contribution in [0.2, 0.25) is 0 Å². The van der Waals surface area contributed by atoms with Crippen LogP contribution < -0.4 is 9.64 Å². The Morgan fingerprint density at radius 3 is 2.64 bits per heavy atom. The number of aryl methyl sites for hydroxylation is 1. The van der Waals surface area contributed by atoms with Crippen LogP contribution in [0.5, 0.6) is 5.75 Å². The quantitative estimate of drug-likeness (QED) is 0.239. The Bertz CT molecular complexity index is 1170. The topological polar surface area (TPSA) is 88.8 Å². The van der Waals surface area contributed by atoms with Gasteiger partial charge in [-0.25, -0.2) is 4.98 Å². The lowest BCUT2D eigenvalue weighted by atomic mass is 10.2. The maximum atomic E-state index is 13.3. The SMILES string of the molecule is CCN(CC)CCN(C(=O)/C=C/c1cccc([N+](=O)[O-])c1)c1nc2c(OC)ccc(C)c2s1. The fourth-order valence-electron chi connectivity index (χ4n) is 3.46. The van der Waals surface area contributed by atoms with Gasteiger partial charge in [-0.3, -0.25) is 19.8 Å². The van der Waals surface area contributed by atoms with Crippen LogP contribution in [0.4, 0.5) is 10.8 Å². The summed E-state index contributed by atoms with van der Waals surface area (Å²) < 4.78 is 6.45. The molecule has 0 saturated carbocycles. The Kier molecular flexibility index (Phi) is 8.13. The number of likely N-dealkylation sites (N-methyl/N-ethyl adjacent to an activating group) is 1. The summed E-state index contributed by atoms with van der Waals surface area (Å²) in [4.78, 5) is 32.5. The number of non-ortho nitro benzene ring substituents is 1. The van der Waals surface area contributed by atoms with Gasteiger partial charge < -0.3 is 9.64 Å². The van der Waals surface area contributed by atoms with Crippen molar-refractivity contribution in [3.63, 3.8) is 0 Å². The molecule has 8 nitrogen and oxygen atoms in total. The molecule has 0 saturated heterocycles. The highest BCUT2D eigenvalue weighted by Crippen LogP contribution is 2.36. The van der Waals surface area contributed by atoms with E-state index in [1.54, 1.807) is 30.2 Å². The number of benzene rings is 2. The molecule has 1 heterocycles. The lowest BCUT2D eigenvalue weighted by Crippen LogP contribution is -2.38. The van der Waals surface area contributed by atoms with Crippen molar-refractivity contribution in [2.24, 2.45) is 0 Å². The molecule has 0 atom stereocenters. The molecular weight excluding hydrogens is 440 g/mol. The van der Waals surface area contributed by atoms with Crippen molar-refractivity contribution in [2.45, 2.75) is 20.8 Å². The number of carbonyl (C=O) groups is 1. The number of nitro groups is 1. The van der Waals surface area contributed by atoms with Crippen LogP contribution in [0, 0.1) is 17.0 Å². The zero-order valence-corrected chi connectivity index (χ0v) is 20.1. The standard InChI is InChI=1S/C24H28N4O4S/c1-5-26(6-2)14-15-27(21(29)13-11-18-8-7-9-19(16-18)28(30)31)24-25-22-20(32-4)12-10-17(3)23(22)33-24/h7-13,16H,5-6,14-15H2,1-4H3/b13-11+. The number of rotatable bonds is 10. The maximum absolute atomic E-state index is 13.3. The van der Waals surface area contributed by atoms with Gasteiger partial charge in [0.25, 0.3) is 11.6 Å². The van der Waals surface area contributed by atoms with Crippen molar-refractivity contribution in [3.05, 3.63) is 63.7 Å². The number of hydrogen-bond acceptors (Lipinski definition) is 7. The van der Waals surface area contributed by atoms with E-state index in [9.17, 15) is 14.9 Å². The highest BCUT2D eigenvalue weighted by atomic mass is 32.1. The average molecular weight is 469 g/mol. The van der Waals surface area contributed by atoms with Gasteiger partial charge in [-0.2, -0.15) is 0 Å². The monoisotopic (exact) mass is 468 g/mol. The van der Waals surface area contributed by atoms with Gasteiger partial charge in [-0.1, -0.05) is 43.4 Å². The fraction of sp³-hybridized carbons (Fsp3) is 0.333. The number of amides is 1. The van der Waals surface area contributed by atoms with Crippen LogP contribution in [0.25, 0.3) is 16.3 Å². The Morgan fingerprint density at radius 2 is 1.97 bits per heavy atom. The molecule has 3 rings (SSSR count). The first-order valence-corrected chi connectivity index (χ1v) is 11.6. The molecule has 174 valence electrons. The van der Waals surface area contributed by atoms with E-state index in [2.05, 4.69) is 18.7 Å². The van der Waals surface area contributed by atoms with Gasteiger partial charge >= 0.3 is 0 Å². The lowest BCUT2D eigenvalue weighted by molar-refractivity contribution is -0.384. The number of fused-ring (bicyclic) bond motifs is 1. The minimum Gasteiger partial charge on any atom is -0.494 e. The number of methoxy groups -OCH3 is 1. The molecule has 0 bridgehead atoms. The van der Waals surface area contributed by atoms with Gasteiger partial charge in [-0.15, -0.1) is 0 Å². The Hall–Kier alpha value is -3.30. The molecule has 0 N–H and O–H groups in total. The number of ether oxygens (including phenoxy) is 1. The summed E-state index contributed by atoms with van der Waals surface area (Å²) in [5.74, 6) is 0.436. The molecule has 0 aliphatic heterocycles. The molecule has 0 radical (unpaired) electrons. The highest BCUT2D eigenvalue weighted by Gasteiger charge is 2.21. The van der Waals surface area contributed by atoms with Crippen molar-refractivity contribution in [1.29, 1.82) is 0 Å². The first kappa shape index (κ1) is 24.3. The van der Waals surface area contributed by atoms with Gasteiger partial charge in [0.05, 0.1) is 16.7 Å². The minimum atomic E-state index is -0.452. The van der Waals surface area contributed by atoms with E-state index in [1.807, 2.05) is 19.1 Å². The van der Waals surface area contributed by atoms with Crippen LogP contribution in [-0.2, 0) is 4.79 Å². The normalized spacial score (nSPS) is 11.4. The summed E-state index contributed by atoms with van der Waals surface area (Å²) >= 11 is 1.46. The van der Waals surface area contributed by atoms with Crippen LogP contribution >= 0.6 is 11.3 Å². The molecule has 33 heavy (non-hydrogen) atoms. The van der Waals surface area contributed by atoms with E-state index in [4.69, 9.17) is 9.72 Å². The van der Waals surface area contributed by atoms with Crippen molar-refractivity contribution in [1.82, 2.24) is 9.88 Å². The predicted molar refractivity (Wildman–Crippen MR) is 133 cm³/mol. The van der Waals surface area contributed by atoms with E-state index in [1.165, 1.54) is 29.5 Å². The van der Waals surface area contributed by atoms with E-state index >= 15 is 0 Å². The van der Waals surface area contributed by atoms with Crippen LogP contribution in [0.1, 0.15) is 25.0 Å². The third-order valence-electron chi connectivity index (χ3n) is 5.44. The molecule has 1 amide bonds. The van der Waals surface area contributed by atoms with E-state index in [0.29, 0.717) is 29.5 Å². The van der Waals surface area contributed by atoms with Crippen molar-refractivity contribution >= 4 is 44.4 Å². The summed E-state index contributed by atoms with van der Waals surface area (Å²) in [6.45, 7) is 9.13. The fourth-order valence-corrected chi connectivity index (χ4v) is 4.54. The average Bonchev–Trinajstić information content (AvgIpc) is 3.27. The number of thiazole rings is 1. The van der Waals surface area contributed by atoms with Gasteiger partial charge in [0.1, 0.15) is 11.3 Å². The molecule has 3 aromatic rings. The van der Waals surface area contributed by atoms with Crippen molar-refractivity contribution < 1.29 is 14.5 Å². The molecule has 0 fully saturated rings. The largest absolute Gasteiger partial charge is 0.494 e. The predicted octanol–water partition coefficient (Wildman–Crippen LogP) is 4.91. The summed E-state index contributed by atoms with van der Waals surface area (Å²) in [7, 11) is 1.61. The van der Waals surface area contributed by atoms with E-state index < -0.39 is 4.92 Å². The second-order valence-electron chi connectivity index (χ2n) is 7.46. The van der Waals surface area contributed by atoms with Crippen LogP contribution in [0.15, 0.2) is 42.5 Å². The number of nitro benzene ring substituents is 1. The Labute approximate surface area is 197 Å². The molecule has 9 heteroatoms. The smallest absolute Gasteiger partial charge is 0.270 e. The maximum Gasteiger partial charge on any atom is 0.270 e. The molecule has 0 aliphatic rings. The van der Waals surface area contributed by atoms with Gasteiger partial charge in [0, 0.05) is 31.3 Å². The number of hydrogen-bond donors (Lipinski definition) is 0. The molecular formula is C24H28N4O4S. The molecule has 0 unspecified atom stereocenters. The molecule has 0 aliphatic carbocycles. The number of carbonyl (C=O) groups excluding carboxylic acids is 1. The molecule has 0 spiro atoms. The second-order valence-corrected chi connectivity index (χ2v) is 8.44. The third kappa shape index (κ3) is 5.74. The van der Waals surface area contributed by atoms with Crippen LogP contribution in [-0.4, -0.2) is 54.0 Å². The van der Waals surface area contributed by atoms with E-state index in [-0.39, 0.29) is 11.6 Å². The number of anilines is 1. The Morgan fingerprint density at radius 1 is 1.21 bits per heavy atom. The lowest BCUT2D eigenvalue weighted by Gasteiger charge is -2.23. The van der Waals surface area contributed by atoms with Gasteiger partial charge in [-0.05, 0) is 43.3 Å². The third-order valence-corrected chi connectivity index (χ3v) is 6.66. The second kappa shape index (κ2) is 11.0. The number of aromatic nitrogens is 1. The van der Waals surface area contributed by atoms with Gasteiger partial charge in [0.15, 0.2) is 5.13 Å². The first-order chi connectivity index (χ1) is 15.9. The summed E-state index contributed by atoms with van der Waals surface area (Å²) in [6.07, 6.45) is 3.04. The summed E-state index contributed by atoms with van der Waals surface area (Å²) in [5, 5.41) is 11.6. The zero-order chi connectivity index (χ0) is 24.0. The van der Waals surface area contributed by atoms with E-state index in [0.717, 1.165) is 28.9 Å². The van der Waals surface area contributed by atoms with Gasteiger partial charge in [0.2, 0.25) is 0 Å². The highest BCUT2D eigenvalue weighted by molar-refractivity contribution is 7.22. The number of nitrogens with zero attached hydrogens (tertiary/aromatic N) is 4. The van der Waals surface area contributed by atoms with Crippen molar-refractivity contribution in [3.8, 4) is 5.75 Å². The molecule has 1 aromatic heterocycles. The minimum absolute atomic E-state index is 0.0169. The summed E-state index contributed by atoms with van der Waals surface area (Å²) in [6, 6.07) is 10.0. The van der Waals surface area contributed by atoms with Crippen LogP contribution in [0.3, 0.4) is 0 Å². The first-order valence-electron chi connectivity index (χ1n) is 10.8. The Balaban J connectivity index is 1.95. The summed E-state index contributed by atoms with van der Waals surface area (Å²) in [5.41, 5.74) is 2.37.